The van der Waals surface area contributed by atoms with Gasteiger partial charge in [-0.3, -0.25) is 4.79 Å². The molecule has 0 saturated heterocycles. The Morgan fingerprint density at radius 1 is 1.56 bits per heavy atom. The van der Waals surface area contributed by atoms with E-state index >= 15 is 0 Å². The second kappa shape index (κ2) is 7.09. The largest absolute Gasteiger partial charge is 0.350 e. The maximum atomic E-state index is 11.5. The molecular weight excluding hydrogens is 246 g/mol. The van der Waals surface area contributed by atoms with Gasteiger partial charge in [0.15, 0.2) is 0 Å². The average Bonchev–Trinajstić information content (AvgIpc) is 2.29. The molecule has 16 heavy (non-hydrogen) atoms. The van der Waals surface area contributed by atoms with E-state index in [1.54, 1.807) is 11.8 Å². The number of carbonyl (C=O) groups is 1. The summed E-state index contributed by atoms with van der Waals surface area (Å²) in [6.45, 7) is 0.551. The van der Waals surface area contributed by atoms with Crippen LogP contribution < -0.4 is 5.32 Å². The summed E-state index contributed by atoms with van der Waals surface area (Å²) in [5.41, 5.74) is 0.256. The Labute approximate surface area is 103 Å². The van der Waals surface area contributed by atoms with Crippen molar-refractivity contribution >= 4 is 29.3 Å². The van der Waals surface area contributed by atoms with Gasteiger partial charge >= 0.3 is 0 Å². The van der Waals surface area contributed by atoms with Gasteiger partial charge in [0.1, 0.15) is 10.8 Å². The monoisotopic (exact) mass is 255 g/mol. The standard InChI is InChI=1S/C10H10ClN3OS/c1-2-4-16-5-3-12-10(15)8-6-14-9(11)7-13-8/h1,6-7H,3-5H2,(H,12,15). The minimum absolute atomic E-state index is 0.256. The summed E-state index contributed by atoms with van der Waals surface area (Å²) in [5.74, 6) is 3.67. The molecule has 0 aliphatic heterocycles. The predicted molar refractivity (Wildman–Crippen MR) is 65.5 cm³/mol. The zero-order valence-electron chi connectivity index (χ0n) is 8.44. The average molecular weight is 256 g/mol. The molecule has 0 bridgehead atoms. The Bertz CT molecular complexity index is 388. The number of hydrogen-bond donors (Lipinski definition) is 1. The fourth-order valence-corrected chi connectivity index (χ4v) is 1.49. The van der Waals surface area contributed by atoms with Gasteiger partial charge in [0, 0.05) is 12.3 Å². The molecular formula is C10H10ClN3OS. The predicted octanol–water partition coefficient (Wildman–Crippen LogP) is 1.23. The van der Waals surface area contributed by atoms with Crippen molar-refractivity contribution in [1.82, 2.24) is 15.3 Å². The molecule has 0 saturated carbocycles. The van der Waals surface area contributed by atoms with Gasteiger partial charge in [-0.25, -0.2) is 9.97 Å². The fourth-order valence-electron chi connectivity index (χ4n) is 0.888. The Morgan fingerprint density at radius 3 is 3.00 bits per heavy atom. The molecule has 1 aromatic rings. The van der Waals surface area contributed by atoms with E-state index in [1.165, 1.54) is 12.4 Å². The first-order valence-corrected chi connectivity index (χ1v) is 6.04. The third kappa shape index (κ3) is 4.51. The number of hydrogen-bond acceptors (Lipinski definition) is 4. The lowest BCUT2D eigenvalue weighted by Gasteiger charge is -2.02. The molecule has 0 aromatic carbocycles. The van der Waals surface area contributed by atoms with Crippen LogP contribution in [0.1, 0.15) is 10.5 Å². The van der Waals surface area contributed by atoms with E-state index in [9.17, 15) is 4.79 Å². The van der Waals surface area contributed by atoms with Gasteiger partial charge < -0.3 is 5.32 Å². The molecule has 1 rings (SSSR count). The topological polar surface area (TPSA) is 54.9 Å². The van der Waals surface area contributed by atoms with E-state index in [-0.39, 0.29) is 16.8 Å². The number of carbonyl (C=O) groups excluding carboxylic acids is 1. The number of halogens is 1. The van der Waals surface area contributed by atoms with Crippen LogP contribution in [0.2, 0.25) is 5.15 Å². The van der Waals surface area contributed by atoms with Crippen LogP contribution in [0, 0.1) is 12.3 Å². The van der Waals surface area contributed by atoms with Gasteiger partial charge in [0.25, 0.3) is 5.91 Å². The third-order valence-electron chi connectivity index (χ3n) is 1.57. The van der Waals surface area contributed by atoms with Crippen LogP contribution in [0.4, 0.5) is 0 Å². The summed E-state index contributed by atoms with van der Waals surface area (Å²) in [5, 5.41) is 2.97. The molecule has 0 radical (unpaired) electrons. The van der Waals surface area contributed by atoms with Gasteiger partial charge in [0.2, 0.25) is 0 Å². The van der Waals surface area contributed by atoms with Crippen molar-refractivity contribution in [2.45, 2.75) is 0 Å². The highest BCUT2D eigenvalue weighted by molar-refractivity contribution is 7.99. The lowest BCUT2D eigenvalue weighted by atomic mass is 10.4. The van der Waals surface area contributed by atoms with E-state index < -0.39 is 0 Å². The van der Waals surface area contributed by atoms with Crippen molar-refractivity contribution < 1.29 is 4.79 Å². The zero-order valence-corrected chi connectivity index (χ0v) is 10.0. The number of terminal acetylenes is 1. The zero-order chi connectivity index (χ0) is 11.8. The van der Waals surface area contributed by atoms with E-state index in [1.807, 2.05) is 0 Å². The van der Waals surface area contributed by atoms with Crippen molar-refractivity contribution in [2.75, 3.05) is 18.1 Å². The van der Waals surface area contributed by atoms with Crippen molar-refractivity contribution in [1.29, 1.82) is 0 Å². The van der Waals surface area contributed by atoms with Crippen molar-refractivity contribution in [2.24, 2.45) is 0 Å². The molecule has 4 nitrogen and oxygen atoms in total. The highest BCUT2D eigenvalue weighted by atomic mass is 35.5. The van der Waals surface area contributed by atoms with Crippen LogP contribution >= 0.6 is 23.4 Å². The Morgan fingerprint density at radius 2 is 2.38 bits per heavy atom. The van der Waals surface area contributed by atoms with Crippen LogP contribution in [-0.2, 0) is 0 Å². The number of rotatable bonds is 5. The summed E-state index contributed by atoms with van der Waals surface area (Å²) < 4.78 is 0. The first-order valence-electron chi connectivity index (χ1n) is 4.51. The van der Waals surface area contributed by atoms with Crippen molar-refractivity contribution in [3.05, 3.63) is 23.2 Å². The summed E-state index contributed by atoms with van der Waals surface area (Å²) in [4.78, 5) is 19.1. The van der Waals surface area contributed by atoms with Crippen LogP contribution in [0.5, 0.6) is 0 Å². The Kier molecular flexibility index (Phi) is 5.68. The molecule has 0 unspecified atom stereocenters. The summed E-state index contributed by atoms with van der Waals surface area (Å²) in [6, 6.07) is 0. The normalized spacial score (nSPS) is 9.50. The van der Waals surface area contributed by atoms with Gasteiger partial charge in [-0.05, 0) is 0 Å². The van der Waals surface area contributed by atoms with Gasteiger partial charge in [0.05, 0.1) is 18.1 Å². The van der Waals surface area contributed by atoms with Crippen LogP contribution in [0.3, 0.4) is 0 Å². The lowest BCUT2D eigenvalue weighted by molar-refractivity contribution is 0.0951. The lowest BCUT2D eigenvalue weighted by Crippen LogP contribution is -2.26. The molecule has 0 aliphatic carbocycles. The molecule has 6 heteroatoms. The number of aromatic nitrogens is 2. The van der Waals surface area contributed by atoms with E-state index in [0.717, 1.165) is 5.75 Å². The SMILES string of the molecule is C#CCSCCNC(=O)c1cnc(Cl)cn1. The molecule has 1 heterocycles. The van der Waals surface area contributed by atoms with Crippen LogP contribution in [0.25, 0.3) is 0 Å². The molecule has 0 spiro atoms. The summed E-state index contributed by atoms with van der Waals surface area (Å²) >= 11 is 7.14. The first-order chi connectivity index (χ1) is 7.74. The number of amides is 1. The van der Waals surface area contributed by atoms with Crippen molar-refractivity contribution in [3.63, 3.8) is 0 Å². The molecule has 0 atom stereocenters. The Balaban J connectivity index is 2.30. The maximum absolute atomic E-state index is 11.5. The van der Waals surface area contributed by atoms with Gasteiger partial charge in [-0.1, -0.05) is 17.5 Å². The molecule has 1 amide bonds. The molecule has 84 valence electrons. The van der Waals surface area contributed by atoms with E-state index in [2.05, 4.69) is 21.2 Å². The van der Waals surface area contributed by atoms with Crippen LogP contribution in [-0.4, -0.2) is 33.9 Å². The second-order valence-electron chi connectivity index (χ2n) is 2.74. The maximum Gasteiger partial charge on any atom is 0.271 e. The van der Waals surface area contributed by atoms with E-state index in [4.69, 9.17) is 18.0 Å². The third-order valence-corrected chi connectivity index (χ3v) is 2.63. The molecule has 1 aromatic heterocycles. The minimum Gasteiger partial charge on any atom is -0.350 e. The highest BCUT2D eigenvalue weighted by Crippen LogP contribution is 2.01. The highest BCUT2D eigenvalue weighted by Gasteiger charge is 2.06. The Hall–Kier alpha value is -1.25. The first kappa shape index (κ1) is 12.8. The smallest absolute Gasteiger partial charge is 0.271 e. The van der Waals surface area contributed by atoms with Crippen molar-refractivity contribution in [3.8, 4) is 12.3 Å². The molecule has 1 N–H and O–H groups in total. The molecule has 0 fully saturated rings. The number of nitrogens with one attached hydrogen (secondary N) is 1. The molecule has 0 aliphatic rings. The van der Waals surface area contributed by atoms with Gasteiger partial charge in [-0.15, -0.1) is 18.2 Å². The summed E-state index contributed by atoms with van der Waals surface area (Å²) in [6.07, 6.45) is 7.76. The second-order valence-corrected chi connectivity index (χ2v) is 4.23. The quantitative estimate of drug-likeness (QED) is 0.635. The number of nitrogens with zero attached hydrogens (tertiary/aromatic N) is 2. The fraction of sp³-hybridized carbons (Fsp3) is 0.300. The summed E-state index contributed by atoms with van der Waals surface area (Å²) in [7, 11) is 0. The van der Waals surface area contributed by atoms with Gasteiger partial charge in [-0.2, -0.15) is 0 Å². The van der Waals surface area contributed by atoms with E-state index in [0.29, 0.717) is 12.3 Å². The minimum atomic E-state index is -0.259. The van der Waals surface area contributed by atoms with Crippen LogP contribution in [0.15, 0.2) is 12.4 Å². The number of thioether (sulfide) groups is 1.